The van der Waals surface area contributed by atoms with Crippen LogP contribution in [0, 0.1) is 0 Å². The lowest BCUT2D eigenvalue weighted by molar-refractivity contribution is -0.136. The first-order valence-corrected chi connectivity index (χ1v) is 4.21. The van der Waals surface area contributed by atoms with Gasteiger partial charge in [0.25, 0.3) is 0 Å². The minimum atomic E-state index is -0.971. The highest BCUT2D eigenvalue weighted by Gasteiger charge is 2.14. The molecule has 0 amide bonds. The van der Waals surface area contributed by atoms with Crippen LogP contribution in [0.1, 0.15) is 5.69 Å². The molecule has 0 aliphatic carbocycles. The van der Waals surface area contributed by atoms with Gasteiger partial charge in [-0.05, 0) is 17.3 Å². The van der Waals surface area contributed by atoms with E-state index in [1.807, 2.05) is 0 Å². The number of hydrogen-bond acceptors (Lipinski definition) is 5. The van der Waals surface area contributed by atoms with E-state index in [9.17, 15) is 4.79 Å². The van der Waals surface area contributed by atoms with Gasteiger partial charge in [-0.25, -0.2) is 4.63 Å². The Morgan fingerprint density at radius 1 is 1.33 bits per heavy atom. The van der Waals surface area contributed by atoms with Gasteiger partial charge in [0.05, 0.1) is 6.42 Å². The Bertz CT molecular complexity index is 466. The minimum absolute atomic E-state index is 0.207. The Morgan fingerprint density at radius 3 is 2.73 bits per heavy atom. The molecule has 0 bridgehead atoms. The molecule has 0 aliphatic heterocycles. The van der Waals surface area contributed by atoms with Gasteiger partial charge < -0.3 is 5.11 Å². The van der Waals surface area contributed by atoms with E-state index in [1.54, 1.807) is 24.5 Å². The molecule has 2 rings (SSSR count). The average molecular weight is 205 g/mol. The van der Waals surface area contributed by atoms with Crippen molar-refractivity contribution in [3.05, 3.63) is 30.2 Å². The van der Waals surface area contributed by atoms with Crippen LogP contribution in [0.3, 0.4) is 0 Å². The maximum absolute atomic E-state index is 10.5. The number of hydrogen-bond donors (Lipinski definition) is 1. The van der Waals surface area contributed by atoms with E-state index in [0.29, 0.717) is 11.4 Å². The largest absolute Gasteiger partial charge is 0.481 e. The van der Waals surface area contributed by atoms with Gasteiger partial charge in [0.15, 0.2) is 0 Å². The zero-order valence-corrected chi connectivity index (χ0v) is 7.62. The van der Waals surface area contributed by atoms with E-state index in [0.717, 1.165) is 5.56 Å². The monoisotopic (exact) mass is 205 g/mol. The normalized spacial score (nSPS) is 10.1. The van der Waals surface area contributed by atoms with E-state index in [-0.39, 0.29) is 6.42 Å². The molecule has 0 spiro atoms. The highest BCUT2D eigenvalue weighted by Crippen LogP contribution is 2.19. The third kappa shape index (κ3) is 1.98. The highest BCUT2D eigenvalue weighted by molar-refractivity contribution is 5.73. The molecule has 6 heteroatoms. The van der Waals surface area contributed by atoms with Gasteiger partial charge >= 0.3 is 5.97 Å². The van der Waals surface area contributed by atoms with Crippen molar-refractivity contribution in [1.82, 2.24) is 15.3 Å². The molecule has 0 atom stereocenters. The molecule has 0 aromatic carbocycles. The molecule has 0 aliphatic rings. The molecule has 76 valence electrons. The van der Waals surface area contributed by atoms with Crippen molar-refractivity contribution < 1.29 is 14.5 Å². The van der Waals surface area contributed by atoms with Crippen molar-refractivity contribution in [2.75, 3.05) is 0 Å². The van der Waals surface area contributed by atoms with Crippen LogP contribution in [0.15, 0.2) is 29.2 Å². The lowest BCUT2D eigenvalue weighted by Gasteiger charge is -1.95. The van der Waals surface area contributed by atoms with Gasteiger partial charge in [-0.15, -0.1) is 0 Å². The first kappa shape index (κ1) is 9.32. The fourth-order valence-corrected chi connectivity index (χ4v) is 1.19. The number of carbonyl (C=O) groups is 1. The summed E-state index contributed by atoms with van der Waals surface area (Å²) in [5.41, 5.74) is 1.50. The summed E-state index contributed by atoms with van der Waals surface area (Å²) in [7, 11) is 0. The maximum Gasteiger partial charge on any atom is 0.309 e. The van der Waals surface area contributed by atoms with E-state index in [2.05, 4.69) is 19.9 Å². The van der Waals surface area contributed by atoms with Crippen molar-refractivity contribution in [2.24, 2.45) is 0 Å². The number of carboxylic acids is 1. The quantitative estimate of drug-likeness (QED) is 0.795. The number of rotatable bonds is 3. The van der Waals surface area contributed by atoms with Crippen LogP contribution in [0.25, 0.3) is 11.3 Å². The topological polar surface area (TPSA) is 89.1 Å². The molecule has 2 heterocycles. The first-order chi connectivity index (χ1) is 7.27. The summed E-state index contributed by atoms with van der Waals surface area (Å²) in [5.74, 6) is -0.971. The number of pyridine rings is 1. The highest BCUT2D eigenvalue weighted by atomic mass is 16.6. The molecule has 0 fully saturated rings. The van der Waals surface area contributed by atoms with Crippen LogP contribution >= 0.6 is 0 Å². The van der Waals surface area contributed by atoms with Crippen LogP contribution in [0.2, 0.25) is 0 Å². The summed E-state index contributed by atoms with van der Waals surface area (Å²) in [6.45, 7) is 0. The Hall–Kier alpha value is -2.24. The van der Waals surface area contributed by atoms with Gasteiger partial charge in [-0.3, -0.25) is 9.78 Å². The summed E-state index contributed by atoms with van der Waals surface area (Å²) >= 11 is 0. The van der Waals surface area contributed by atoms with Crippen molar-refractivity contribution in [2.45, 2.75) is 6.42 Å². The number of nitrogens with zero attached hydrogens (tertiary/aromatic N) is 3. The lowest BCUT2D eigenvalue weighted by Crippen LogP contribution is -2.01. The molecule has 0 saturated carbocycles. The predicted octanol–water partition coefficient (Wildman–Crippen LogP) is 0.759. The van der Waals surface area contributed by atoms with Gasteiger partial charge in [-0.1, -0.05) is 5.16 Å². The molecule has 0 radical (unpaired) electrons. The third-order valence-corrected chi connectivity index (χ3v) is 1.83. The van der Waals surface area contributed by atoms with Gasteiger partial charge in [0.1, 0.15) is 11.4 Å². The van der Waals surface area contributed by atoms with Gasteiger partial charge in [0.2, 0.25) is 0 Å². The Morgan fingerprint density at radius 2 is 2.07 bits per heavy atom. The molecule has 0 saturated heterocycles. The van der Waals surface area contributed by atoms with Crippen LogP contribution < -0.4 is 0 Å². The summed E-state index contributed by atoms with van der Waals surface area (Å²) in [5, 5.41) is 15.8. The van der Waals surface area contributed by atoms with Crippen LogP contribution in [0.4, 0.5) is 0 Å². The van der Waals surface area contributed by atoms with E-state index in [4.69, 9.17) is 5.11 Å². The summed E-state index contributed by atoms with van der Waals surface area (Å²) in [6, 6.07) is 3.43. The molecule has 2 aromatic rings. The van der Waals surface area contributed by atoms with Crippen molar-refractivity contribution >= 4 is 5.97 Å². The van der Waals surface area contributed by atoms with Crippen molar-refractivity contribution in [3.8, 4) is 11.3 Å². The Balaban J connectivity index is 2.37. The molecule has 6 nitrogen and oxygen atoms in total. The second-order valence-electron chi connectivity index (χ2n) is 2.87. The molecular formula is C9H7N3O3. The minimum Gasteiger partial charge on any atom is -0.481 e. The number of carboxylic acid groups (broad SMARTS) is 1. The summed E-state index contributed by atoms with van der Waals surface area (Å²) in [6.07, 6.45) is 2.98. The summed E-state index contributed by atoms with van der Waals surface area (Å²) in [4.78, 5) is 14.4. The first-order valence-electron chi connectivity index (χ1n) is 4.21. The molecule has 15 heavy (non-hydrogen) atoms. The van der Waals surface area contributed by atoms with Gasteiger partial charge in [-0.2, -0.15) is 0 Å². The fourth-order valence-electron chi connectivity index (χ4n) is 1.19. The third-order valence-electron chi connectivity index (χ3n) is 1.83. The van der Waals surface area contributed by atoms with Crippen molar-refractivity contribution in [3.63, 3.8) is 0 Å². The second kappa shape index (κ2) is 3.87. The van der Waals surface area contributed by atoms with E-state index in [1.165, 1.54) is 0 Å². The molecule has 0 unspecified atom stereocenters. The number of aliphatic carboxylic acids is 1. The summed E-state index contributed by atoms with van der Waals surface area (Å²) < 4.78 is 4.52. The zero-order valence-electron chi connectivity index (χ0n) is 7.62. The Labute approximate surface area is 84.5 Å². The molecule has 1 N–H and O–H groups in total. The van der Waals surface area contributed by atoms with E-state index >= 15 is 0 Å². The average Bonchev–Trinajstić information content (AvgIpc) is 2.66. The Kier molecular flexibility index (Phi) is 2.40. The number of aromatic nitrogens is 3. The second-order valence-corrected chi connectivity index (χ2v) is 2.87. The zero-order chi connectivity index (χ0) is 10.7. The smallest absolute Gasteiger partial charge is 0.309 e. The fraction of sp³-hybridized carbons (Fsp3) is 0.111. The van der Waals surface area contributed by atoms with Crippen LogP contribution in [0.5, 0.6) is 0 Å². The standard InChI is InChI=1S/C9H7N3O3/c13-8(14)5-7-9(12-15-11-7)6-1-3-10-4-2-6/h1-4H,5H2,(H,13,14). The van der Waals surface area contributed by atoms with E-state index < -0.39 is 5.97 Å². The molecular weight excluding hydrogens is 198 g/mol. The van der Waals surface area contributed by atoms with Crippen LogP contribution in [-0.2, 0) is 11.2 Å². The molecule has 2 aromatic heterocycles. The predicted molar refractivity (Wildman–Crippen MR) is 48.9 cm³/mol. The van der Waals surface area contributed by atoms with Crippen LogP contribution in [-0.4, -0.2) is 26.4 Å². The SMILES string of the molecule is O=C(O)Cc1nonc1-c1ccncc1. The maximum atomic E-state index is 10.5. The van der Waals surface area contributed by atoms with Gasteiger partial charge in [0, 0.05) is 18.0 Å². The van der Waals surface area contributed by atoms with Crippen molar-refractivity contribution in [1.29, 1.82) is 0 Å². The lowest BCUT2D eigenvalue weighted by atomic mass is 10.1.